The number of hydrogen-bond acceptors (Lipinski definition) is 6. The predicted molar refractivity (Wildman–Crippen MR) is 89.2 cm³/mol. The Kier molecular flexibility index (Phi) is 5.49. The molecule has 1 aromatic carbocycles. The van der Waals surface area contributed by atoms with Crippen LogP contribution in [0.1, 0.15) is 15.9 Å². The maximum atomic E-state index is 12.5. The van der Waals surface area contributed by atoms with Gasteiger partial charge in [-0.3, -0.25) is 14.9 Å². The van der Waals surface area contributed by atoms with Gasteiger partial charge >= 0.3 is 6.18 Å². The summed E-state index contributed by atoms with van der Waals surface area (Å²) in [5.41, 5.74) is -2.03. The van der Waals surface area contributed by atoms with Gasteiger partial charge in [0.1, 0.15) is 11.3 Å². The Morgan fingerprint density at radius 3 is 2.41 bits per heavy atom. The maximum Gasteiger partial charge on any atom is 0.417 e. The molecular weight excluding hydrogens is 391 g/mol. The van der Waals surface area contributed by atoms with Crippen molar-refractivity contribution in [1.82, 2.24) is 4.98 Å². The van der Waals surface area contributed by atoms with Crippen LogP contribution in [0.25, 0.3) is 0 Å². The predicted octanol–water partition coefficient (Wildman–Crippen LogP) is 3.67. The molecule has 1 heterocycles. The molecule has 2 rings (SSSR count). The molecule has 0 unspecified atom stereocenters. The van der Waals surface area contributed by atoms with Crippen molar-refractivity contribution in [2.24, 2.45) is 4.36 Å². The minimum Gasteiger partial charge on any atom is -0.439 e. The molecular formula is C15H12F3N3O5S. The van der Waals surface area contributed by atoms with Gasteiger partial charge in [0.2, 0.25) is 5.88 Å². The summed E-state index contributed by atoms with van der Waals surface area (Å²) in [5.74, 6) is -1.39. The van der Waals surface area contributed by atoms with Crippen molar-refractivity contribution < 1.29 is 31.8 Å². The van der Waals surface area contributed by atoms with E-state index < -0.39 is 43.6 Å². The first kappa shape index (κ1) is 20.3. The van der Waals surface area contributed by atoms with Gasteiger partial charge in [-0.2, -0.15) is 17.5 Å². The van der Waals surface area contributed by atoms with E-state index in [1.165, 1.54) is 12.5 Å². The number of nitro benzene ring substituents is 1. The van der Waals surface area contributed by atoms with Crippen LogP contribution in [0.3, 0.4) is 0 Å². The first-order valence-corrected chi connectivity index (χ1v) is 9.41. The fraction of sp³-hybridized carbons (Fsp3) is 0.200. The van der Waals surface area contributed by atoms with E-state index in [-0.39, 0.29) is 11.6 Å². The van der Waals surface area contributed by atoms with Crippen LogP contribution in [0.15, 0.2) is 40.9 Å². The topological polar surface area (TPSA) is 112 Å². The number of nitrogens with zero attached hydrogens (tertiary/aromatic N) is 3. The number of ether oxygens (including phenoxy) is 1. The lowest BCUT2D eigenvalue weighted by Gasteiger charge is -2.09. The van der Waals surface area contributed by atoms with Crippen molar-refractivity contribution in [3.8, 4) is 11.6 Å². The average Bonchev–Trinajstić information content (AvgIpc) is 2.52. The molecule has 144 valence electrons. The molecule has 0 atom stereocenters. The Morgan fingerprint density at radius 2 is 1.93 bits per heavy atom. The van der Waals surface area contributed by atoms with Crippen molar-refractivity contribution in [2.75, 3.05) is 12.5 Å². The van der Waals surface area contributed by atoms with Crippen LogP contribution in [-0.4, -0.2) is 32.5 Å². The molecule has 0 aliphatic rings. The van der Waals surface area contributed by atoms with E-state index in [9.17, 15) is 32.3 Å². The number of alkyl halides is 3. The second-order valence-electron chi connectivity index (χ2n) is 5.50. The number of carbonyl (C=O) groups excluding carboxylic acids is 1. The molecule has 8 nitrogen and oxygen atoms in total. The Labute approximate surface area is 151 Å². The number of amides is 1. The highest BCUT2D eigenvalue weighted by atomic mass is 32.2. The zero-order valence-corrected chi connectivity index (χ0v) is 14.7. The number of nitro groups is 1. The van der Waals surface area contributed by atoms with Gasteiger partial charge in [-0.1, -0.05) is 0 Å². The van der Waals surface area contributed by atoms with Crippen LogP contribution < -0.4 is 4.74 Å². The number of carbonyl (C=O) groups is 1. The number of pyridine rings is 1. The van der Waals surface area contributed by atoms with E-state index in [4.69, 9.17) is 4.74 Å². The molecule has 0 aliphatic heterocycles. The summed E-state index contributed by atoms with van der Waals surface area (Å²) in [7, 11) is -2.86. The van der Waals surface area contributed by atoms with Gasteiger partial charge < -0.3 is 4.74 Å². The highest BCUT2D eigenvalue weighted by molar-refractivity contribution is 7.92. The minimum absolute atomic E-state index is 0.0925. The van der Waals surface area contributed by atoms with E-state index >= 15 is 0 Å². The highest BCUT2D eigenvalue weighted by Gasteiger charge is 2.30. The van der Waals surface area contributed by atoms with Gasteiger partial charge in [-0.05, 0) is 12.1 Å². The molecule has 0 spiro atoms. The lowest BCUT2D eigenvalue weighted by Crippen LogP contribution is -2.06. The third kappa shape index (κ3) is 5.48. The minimum atomic E-state index is -4.56. The molecule has 0 saturated heterocycles. The van der Waals surface area contributed by atoms with Crippen LogP contribution in [0.5, 0.6) is 11.6 Å². The van der Waals surface area contributed by atoms with E-state index in [1.54, 1.807) is 0 Å². The number of halogens is 3. The average molecular weight is 403 g/mol. The molecule has 0 saturated carbocycles. The molecule has 0 radical (unpaired) electrons. The second-order valence-corrected chi connectivity index (χ2v) is 8.04. The molecule has 0 N–H and O–H groups in total. The van der Waals surface area contributed by atoms with E-state index in [0.29, 0.717) is 6.20 Å². The van der Waals surface area contributed by atoms with Crippen molar-refractivity contribution >= 4 is 21.3 Å². The number of hydrogen-bond donors (Lipinski definition) is 0. The van der Waals surface area contributed by atoms with Crippen molar-refractivity contribution in [1.29, 1.82) is 0 Å². The quantitative estimate of drug-likeness (QED) is 0.569. The molecule has 0 aliphatic carbocycles. The summed E-state index contributed by atoms with van der Waals surface area (Å²) < 4.78 is 57.9. The van der Waals surface area contributed by atoms with Crippen molar-refractivity contribution in [3.05, 3.63) is 57.8 Å². The summed E-state index contributed by atoms with van der Waals surface area (Å²) in [5, 5.41) is 11.1. The van der Waals surface area contributed by atoms with Gasteiger partial charge in [0.25, 0.3) is 11.6 Å². The van der Waals surface area contributed by atoms with E-state index in [2.05, 4.69) is 9.35 Å². The van der Waals surface area contributed by atoms with Crippen LogP contribution in [0.4, 0.5) is 18.9 Å². The zero-order chi connectivity index (χ0) is 20.4. The molecule has 0 bridgehead atoms. The third-order valence-electron chi connectivity index (χ3n) is 2.98. The summed E-state index contributed by atoms with van der Waals surface area (Å²) in [6.45, 7) is 0. The van der Waals surface area contributed by atoms with Crippen molar-refractivity contribution in [2.45, 2.75) is 6.18 Å². The SMILES string of the molecule is CS(C)(=O)=NC(=O)c1cc(Oc2ccc(C(F)(F)F)cn2)ccc1[N+](=O)[O-]. The first-order chi connectivity index (χ1) is 12.4. The fourth-order valence-corrected chi connectivity index (χ4v) is 2.38. The number of rotatable bonds is 4. The fourth-order valence-electron chi connectivity index (χ4n) is 1.89. The highest BCUT2D eigenvalue weighted by Crippen LogP contribution is 2.31. The first-order valence-electron chi connectivity index (χ1n) is 7.08. The monoisotopic (exact) mass is 403 g/mol. The van der Waals surface area contributed by atoms with Crippen LogP contribution >= 0.6 is 0 Å². The van der Waals surface area contributed by atoms with Crippen LogP contribution in [-0.2, 0) is 15.9 Å². The van der Waals surface area contributed by atoms with Crippen LogP contribution in [0, 0.1) is 10.1 Å². The van der Waals surface area contributed by atoms with Gasteiger partial charge in [0.15, 0.2) is 0 Å². The largest absolute Gasteiger partial charge is 0.439 e. The summed E-state index contributed by atoms with van der Waals surface area (Å²) in [6, 6.07) is 4.80. The van der Waals surface area contributed by atoms with Gasteiger partial charge in [-0.15, -0.1) is 0 Å². The molecule has 1 amide bonds. The smallest absolute Gasteiger partial charge is 0.417 e. The van der Waals surface area contributed by atoms with Crippen molar-refractivity contribution in [3.63, 3.8) is 0 Å². The molecule has 27 heavy (non-hydrogen) atoms. The number of aromatic nitrogens is 1. The van der Waals surface area contributed by atoms with Crippen LogP contribution in [0.2, 0.25) is 0 Å². The normalized spacial score (nSPS) is 11.7. The van der Waals surface area contributed by atoms with Gasteiger partial charge in [0, 0.05) is 46.6 Å². The zero-order valence-electron chi connectivity index (χ0n) is 13.9. The summed E-state index contributed by atoms with van der Waals surface area (Å²) in [6.07, 6.45) is -1.63. The standard InChI is InChI=1S/C15H12F3N3O5S/c1-27(2,25)20-14(22)11-7-10(4-5-12(11)21(23)24)26-13-6-3-9(8-19-13)15(16,17)18/h3-8H,1-2H3. The number of benzene rings is 1. The van der Waals surface area contributed by atoms with Gasteiger partial charge in [0.05, 0.1) is 10.5 Å². The lowest BCUT2D eigenvalue weighted by molar-refractivity contribution is -0.385. The summed E-state index contributed by atoms with van der Waals surface area (Å²) >= 11 is 0. The summed E-state index contributed by atoms with van der Waals surface area (Å²) in [4.78, 5) is 25.9. The second kappa shape index (κ2) is 7.31. The molecule has 12 heteroatoms. The lowest BCUT2D eigenvalue weighted by atomic mass is 10.1. The van der Waals surface area contributed by atoms with E-state index in [0.717, 1.165) is 30.3 Å². The Bertz CT molecular complexity index is 1000. The Morgan fingerprint density at radius 1 is 1.26 bits per heavy atom. The van der Waals surface area contributed by atoms with Gasteiger partial charge in [-0.25, -0.2) is 9.19 Å². The molecule has 0 fully saturated rings. The molecule has 1 aromatic heterocycles. The maximum absolute atomic E-state index is 12.5. The Hall–Kier alpha value is -3.02. The third-order valence-corrected chi connectivity index (χ3v) is 3.59. The van der Waals surface area contributed by atoms with E-state index in [1.807, 2.05) is 0 Å². The molecule has 2 aromatic rings. The Balaban J connectivity index is 2.39.